The highest BCUT2D eigenvalue weighted by Crippen LogP contribution is 2.40. The Balaban J connectivity index is 2.65. The zero-order valence-corrected chi connectivity index (χ0v) is 9.68. The Hall–Kier alpha value is -0.590. The van der Waals surface area contributed by atoms with Crippen LogP contribution in [0.4, 0.5) is 0 Å². The van der Waals surface area contributed by atoms with Gasteiger partial charge in [0.05, 0.1) is 0 Å². The molecule has 1 rings (SSSR count). The molecule has 0 aromatic rings. The average Bonchev–Trinajstić information content (AvgIpc) is 2.15. The summed E-state index contributed by atoms with van der Waals surface area (Å²) in [6.07, 6.45) is 9.06. The summed E-state index contributed by atoms with van der Waals surface area (Å²) in [6.45, 7) is 6.47. The van der Waals surface area contributed by atoms with Crippen LogP contribution >= 0.6 is 0 Å². The summed E-state index contributed by atoms with van der Waals surface area (Å²) in [5, 5.41) is 0. The molecule has 0 radical (unpaired) electrons. The predicted octanol–water partition coefficient (Wildman–Crippen LogP) is 3.74. The van der Waals surface area contributed by atoms with E-state index in [-0.39, 0.29) is 5.41 Å². The van der Waals surface area contributed by atoms with Gasteiger partial charge in [0.25, 0.3) is 0 Å². The first-order valence-corrected chi connectivity index (χ1v) is 5.68. The van der Waals surface area contributed by atoms with E-state index in [4.69, 9.17) is 0 Å². The Bertz CT molecular complexity index is 225. The van der Waals surface area contributed by atoms with Gasteiger partial charge < -0.3 is 4.79 Å². The Morgan fingerprint density at radius 2 is 2.21 bits per heavy atom. The van der Waals surface area contributed by atoms with E-state index in [2.05, 4.69) is 26.8 Å². The average molecular weight is 194 g/mol. The van der Waals surface area contributed by atoms with E-state index in [9.17, 15) is 4.79 Å². The number of carbonyl (C=O) groups is 1. The second-order valence-electron chi connectivity index (χ2n) is 5.17. The van der Waals surface area contributed by atoms with Gasteiger partial charge in [-0.2, -0.15) is 0 Å². The third kappa shape index (κ3) is 2.97. The molecule has 1 heteroatoms. The van der Waals surface area contributed by atoms with Crippen molar-refractivity contribution >= 4 is 6.29 Å². The second-order valence-corrected chi connectivity index (χ2v) is 5.17. The maximum Gasteiger partial charge on any atom is 0.126 e. The predicted molar refractivity (Wildman–Crippen MR) is 60.2 cm³/mol. The quantitative estimate of drug-likeness (QED) is 0.494. The Morgan fingerprint density at radius 3 is 2.71 bits per heavy atom. The van der Waals surface area contributed by atoms with Gasteiger partial charge in [0.15, 0.2) is 0 Å². The third-order valence-corrected chi connectivity index (χ3v) is 3.29. The molecule has 0 heterocycles. The van der Waals surface area contributed by atoms with Crippen LogP contribution in [-0.2, 0) is 4.79 Å². The van der Waals surface area contributed by atoms with E-state index >= 15 is 0 Å². The molecule has 0 aromatic heterocycles. The van der Waals surface area contributed by atoms with Crippen molar-refractivity contribution in [3.8, 4) is 0 Å². The first-order chi connectivity index (χ1) is 6.58. The first kappa shape index (κ1) is 11.5. The van der Waals surface area contributed by atoms with Crippen LogP contribution in [0.25, 0.3) is 0 Å². The van der Waals surface area contributed by atoms with Crippen molar-refractivity contribution in [2.75, 3.05) is 0 Å². The van der Waals surface area contributed by atoms with Crippen molar-refractivity contribution in [1.29, 1.82) is 0 Å². The summed E-state index contributed by atoms with van der Waals surface area (Å²) in [5.74, 6) is 0.722. The molecule has 2 atom stereocenters. The van der Waals surface area contributed by atoms with Gasteiger partial charge in [-0.25, -0.2) is 0 Å². The molecular weight excluding hydrogens is 172 g/mol. The third-order valence-electron chi connectivity index (χ3n) is 3.29. The zero-order valence-electron chi connectivity index (χ0n) is 9.68. The van der Waals surface area contributed by atoms with Crippen LogP contribution in [0.5, 0.6) is 0 Å². The molecule has 0 bridgehead atoms. The van der Waals surface area contributed by atoms with Gasteiger partial charge in [-0.05, 0) is 39.0 Å². The summed E-state index contributed by atoms with van der Waals surface area (Å²) in [5.41, 5.74) is 1.29. The number of hydrogen-bond donors (Lipinski definition) is 0. The lowest BCUT2D eigenvalue weighted by Gasteiger charge is -2.34. The Kier molecular flexibility index (Phi) is 3.91. The standard InChI is InChI=1S/C13H22O/c1-11(2)6-8-13(10-14)7-4-5-12(3)9-13/h6,10,12H,4-5,7-9H2,1-3H3. The molecule has 0 aliphatic heterocycles. The van der Waals surface area contributed by atoms with Crippen LogP contribution in [-0.4, -0.2) is 6.29 Å². The highest BCUT2D eigenvalue weighted by atomic mass is 16.1. The lowest BCUT2D eigenvalue weighted by atomic mass is 9.69. The molecule has 2 unspecified atom stereocenters. The van der Waals surface area contributed by atoms with Gasteiger partial charge in [-0.15, -0.1) is 0 Å². The number of aldehydes is 1. The summed E-state index contributed by atoms with van der Waals surface area (Å²) in [7, 11) is 0. The lowest BCUT2D eigenvalue weighted by molar-refractivity contribution is -0.118. The molecule has 14 heavy (non-hydrogen) atoms. The van der Waals surface area contributed by atoms with Crippen LogP contribution in [0, 0.1) is 11.3 Å². The molecule has 80 valence electrons. The molecule has 1 fully saturated rings. The van der Waals surface area contributed by atoms with E-state index in [1.54, 1.807) is 0 Å². The van der Waals surface area contributed by atoms with Crippen molar-refractivity contribution in [3.05, 3.63) is 11.6 Å². The summed E-state index contributed by atoms with van der Waals surface area (Å²) in [6, 6.07) is 0. The zero-order chi connectivity index (χ0) is 10.6. The number of rotatable bonds is 3. The minimum Gasteiger partial charge on any atom is -0.303 e. The van der Waals surface area contributed by atoms with Gasteiger partial charge in [0.1, 0.15) is 6.29 Å². The van der Waals surface area contributed by atoms with Crippen LogP contribution in [0.15, 0.2) is 11.6 Å². The lowest BCUT2D eigenvalue weighted by Crippen LogP contribution is -2.28. The minimum absolute atomic E-state index is 0.0328. The molecular formula is C13H22O. The summed E-state index contributed by atoms with van der Waals surface area (Å²) < 4.78 is 0. The van der Waals surface area contributed by atoms with E-state index in [0.29, 0.717) is 0 Å². The molecule has 1 aliphatic carbocycles. The normalized spacial score (nSPS) is 32.4. The van der Waals surface area contributed by atoms with Crippen LogP contribution in [0.2, 0.25) is 0 Å². The Morgan fingerprint density at radius 1 is 1.50 bits per heavy atom. The maximum absolute atomic E-state index is 11.2. The van der Waals surface area contributed by atoms with Gasteiger partial charge >= 0.3 is 0 Å². The van der Waals surface area contributed by atoms with Crippen molar-refractivity contribution in [3.63, 3.8) is 0 Å². The fourth-order valence-corrected chi connectivity index (χ4v) is 2.45. The van der Waals surface area contributed by atoms with Crippen molar-refractivity contribution in [2.45, 2.75) is 52.9 Å². The van der Waals surface area contributed by atoms with E-state index < -0.39 is 0 Å². The molecule has 1 saturated carbocycles. The molecule has 0 N–H and O–H groups in total. The SMILES string of the molecule is CC(C)=CCC1(C=O)CCCC(C)C1. The number of carbonyl (C=O) groups excluding carboxylic acids is 1. The van der Waals surface area contributed by atoms with E-state index in [0.717, 1.165) is 25.2 Å². The van der Waals surface area contributed by atoms with Crippen molar-refractivity contribution in [2.24, 2.45) is 11.3 Å². The van der Waals surface area contributed by atoms with Gasteiger partial charge in [0.2, 0.25) is 0 Å². The summed E-state index contributed by atoms with van der Waals surface area (Å²) in [4.78, 5) is 11.2. The maximum atomic E-state index is 11.2. The van der Waals surface area contributed by atoms with Crippen LogP contribution < -0.4 is 0 Å². The van der Waals surface area contributed by atoms with Gasteiger partial charge in [-0.3, -0.25) is 0 Å². The van der Waals surface area contributed by atoms with E-state index in [1.165, 1.54) is 24.7 Å². The molecule has 1 aliphatic rings. The highest BCUT2D eigenvalue weighted by molar-refractivity contribution is 5.60. The second kappa shape index (κ2) is 4.77. The number of hydrogen-bond acceptors (Lipinski definition) is 1. The molecule has 1 nitrogen and oxygen atoms in total. The monoisotopic (exact) mass is 194 g/mol. The first-order valence-electron chi connectivity index (χ1n) is 5.68. The smallest absolute Gasteiger partial charge is 0.126 e. The van der Waals surface area contributed by atoms with Crippen molar-refractivity contribution < 1.29 is 4.79 Å². The Labute approximate surface area is 87.6 Å². The number of allylic oxidation sites excluding steroid dienone is 2. The highest BCUT2D eigenvalue weighted by Gasteiger charge is 2.33. The van der Waals surface area contributed by atoms with Crippen LogP contribution in [0.3, 0.4) is 0 Å². The van der Waals surface area contributed by atoms with E-state index in [1.807, 2.05) is 0 Å². The fraction of sp³-hybridized carbons (Fsp3) is 0.769. The molecule has 0 spiro atoms. The van der Waals surface area contributed by atoms with Gasteiger partial charge in [-0.1, -0.05) is 31.4 Å². The largest absolute Gasteiger partial charge is 0.303 e. The summed E-state index contributed by atoms with van der Waals surface area (Å²) >= 11 is 0. The van der Waals surface area contributed by atoms with Crippen molar-refractivity contribution in [1.82, 2.24) is 0 Å². The van der Waals surface area contributed by atoms with Crippen LogP contribution in [0.1, 0.15) is 52.9 Å². The molecule has 0 aromatic carbocycles. The molecule has 0 amide bonds. The molecule has 0 saturated heterocycles. The topological polar surface area (TPSA) is 17.1 Å². The minimum atomic E-state index is -0.0328. The fourth-order valence-electron chi connectivity index (χ4n) is 2.45. The van der Waals surface area contributed by atoms with Gasteiger partial charge in [0, 0.05) is 5.41 Å².